The summed E-state index contributed by atoms with van der Waals surface area (Å²) >= 11 is 0. The maximum Gasteiger partial charge on any atom is 0.411 e. The van der Waals surface area contributed by atoms with Gasteiger partial charge in [0.1, 0.15) is 6.61 Å². The summed E-state index contributed by atoms with van der Waals surface area (Å²) in [5.41, 5.74) is 1.74. The number of piperidine rings is 1. The fourth-order valence-electron chi connectivity index (χ4n) is 3.17. The molecule has 0 radical (unpaired) electrons. The molecule has 1 saturated heterocycles. The van der Waals surface area contributed by atoms with E-state index in [-0.39, 0.29) is 30.6 Å². The SMILES string of the molecule is CN=C(NCc1ccc(COCC(F)(F)F)cc1)NC1CCN(C(C)C)CC1.I. The fraction of sp³-hybridized carbons (Fsp3) is 0.650. The van der Waals surface area contributed by atoms with E-state index in [9.17, 15) is 13.2 Å². The third-order valence-electron chi connectivity index (χ3n) is 4.84. The van der Waals surface area contributed by atoms with Gasteiger partial charge in [0, 0.05) is 38.8 Å². The molecule has 0 unspecified atom stereocenters. The van der Waals surface area contributed by atoms with Crippen LogP contribution in [0.4, 0.5) is 13.2 Å². The Hall–Kier alpha value is -1.07. The number of alkyl halides is 3. The molecule has 29 heavy (non-hydrogen) atoms. The first-order chi connectivity index (χ1) is 13.3. The van der Waals surface area contributed by atoms with Gasteiger partial charge in [-0.3, -0.25) is 4.99 Å². The molecule has 0 aliphatic carbocycles. The number of guanidine groups is 1. The summed E-state index contributed by atoms with van der Waals surface area (Å²) in [6.07, 6.45) is -2.12. The molecule has 1 heterocycles. The van der Waals surface area contributed by atoms with Crippen LogP contribution in [0.1, 0.15) is 37.8 Å². The molecule has 0 saturated carbocycles. The summed E-state index contributed by atoms with van der Waals surface area (Å²) in [4.78, 5) is 6.77. The van der Waals surface area contributed by atoms with Crippen LogP contribution in [0, 0.1) is 0 Å². The topological polar surface area (TPSA) is 48.9 Å². The molecule has 9 heteroatoms. The average molecular weight is 528 g/mol. The molecule has 0 amide bonds. The van der Waals surface area contributed by atoms with Crippen LogP contribution < -0.4 is 10.6 Å². The van der Waals surface area contributed by atoms with Gasteiger partial charge in [-0.15, -0.1) is 24.0 Å². The Morgan fingerprint density at radius 3 is 2.28 bits per heavy atom. The number of rotatable bonds is 7. The molecule has 1 aromatic rings. The molecule has 166 valence electrons. The maximum atomic E-state index is 12.1. The number of hydrogen-bond donors (Lipinski definition) is 2. The van der Waals surface area contributed by atoms with Crippen LogP contribution in [0.2, 0.25) is 0 Å². The molecule has 0 spiro atoms. The summed E-state index contributed by atoms with van der Waals surface area (Å²) in [5.74, 6) is 0.764. The van der Waals surface area contributed by atoms with E-state index in [0.717, 1.165) is 37.5 Å². The Morgan fingerprint density at radius 1 is 1.17 bits per heavy atom. The number of hydrogen-bond acceptors (Lipinski definition) is 3. The lowest BCUT2D eigenvalue weighted by atomic mass is 10.0. The summed E-state index contributed by atoms with van der Waals surface area (Å²) in [6.45, 7) is 5.94. The summed E-state index contributed by atoms with van der Waals surface area (Å²) in [7, 11) is 1.75. The number of nitrogens with one attached hydrogen (secondary N) is 2. The molecule has 0 atom stereocenters. The predicted octanol–water partition coefficient (Wildman–Crippen LogP) is 3.92. The number of benzene rings is 1. The van der Waals surface area contributed by atoms with E-state index in [1.165, 1.54) is 0 Å². The lowest BCUT2D eigenvalue weighted by Crippen LogP contribution is -2.49. The van der Waals surface area contributed by atoms with Gasteiger partial charge in [0.05, 0.1) is 6.61 Å². The van der Waals surface area contributed by atoms with Crippen molar-refractivity contribution in [2.75, 3.05) is 26.7 Å². The van der Waals surface area contributed by atoms with Crippen molar-refractivity contribution in [1.29, 1.82) is 0 Å². The minimum absolute atomic E-state index is 0. The Morgan fingerprint density at radius 2 is 1.76 bits per heavy atom. The number of likely N-dealkylation sites (tertiary alicyclic amines) is 1. The molecular formula is C20H32F3IN4O. The first-order valence-corrected chi connectivity index (χ1v) is 9.70. The van der Waals surface area contributed by atoms with E-state index < -0.39 is 12.8 Å². The fourth-order valence-corrected chi connectivity index (χ4v) is 3.17. The Balaban J connectivity index is 0.00000420. The van der Waals surface area contributed by atoms with Crippen LogP contribution in [0.15, 0.2) is 29.3 Å². The van der Waals surface area contributed by atoms with Gasteiger partial charge in [0.25, 0.3) is 0 Å². The smallest absolute Gasteiger partial charge is 0.367 e. The number of ether oxygens (including phenoxy) is 1. The normalized spacial score (nSPS) is 16.6. The van der Waals surface area contributed by atoms with Crippen molar-refractivity contribution >= 4 is 29.9 Å². The molecule has 0 bridgehead atoms. The van der Waals surface area contributed by atoms with Crippen LogP contribution in [0.3, 0.4) is 0 Å². The highest BCUT2D eigenvalue weighted by molar-refractivity contribution is 14.0. The highest BCUT2D eigenvalue weighted by Crippen LogP contribution is 2.16. The van der Waals surface area contributed by atoms with Crippen molar-refractivity contribution in [1.82, 2.24) is 15.5 Å². The van der Waals surface area contributed by atoms with Crippen molar-refractivity contribution in [2.24, 2.45) is 4.99 Å². The molecule has 2 rings (SSSR count). The molecule has 1 fully saturated rings. The lowest BCUT2D eigenvalue weighted by molar-refractivity contribution is -0.176. The molecule has 5 nitrogen and oxygen atoms in total. The summed E-state index contributed by atoms with van der Waals surface area (Å²) in [6, 6.07) is 8.33. The second-order valence-electron chi connectivity index (χ2n) is 7.40. The van der Waals surface area contributed by atoms with Gasteiger partial charge in [-0.2, -0.15) is 13.2 Å². The second-order valence-corrected chi connectivity index (χ2v) is 7.40. The van der Waals surface area contributed by atoms with Crippen LogP contribution in [-0.4, -0.2) is 55.9 Å². The lowest BCUT2D eigenvalue weighted by Gasteiger charge is -2.35. The van der Waals surface area contributed by atoms with E-state index >= 15 is 0 Å². The minimum atomic E-state index is -4.29. The van der Waals surface area contributed by atoms with Crippen molar-refractivity contribution in [3.05, 3.63) is 35.4 Å². The average Bonchev–Trinajstić information content (AvgIpc) is 2.65. The van der Waals surface area contributed by atoms with Gasteiger partial charge < -0.3 is 20.3 Å². The second kappa shape index (κ2) is 12.6. The highest BCUT2D eigenvalue weighted by Gasteiger charge is 2.27. The number of halogens is 4. The van der Waals surface area contributed by atoms with Gasteiger partial charge in [-0.1, -0.05) is 24.3 Å². The molecule has 2 N–H and O–H groups in total. The minimum Gasteiger partial charge on any atom is -0.367 e. The molecule has 0 aromatic heterocycles. The molecule has 1 aliphatic rings. The quantitative estimate of drug-likeness (QED) is 0.320. The van der Waals surface area contributed by atoms with E-state index in [2.05, 4.69) is 39.1 Å². The first-order valence-electron chi connectivity index (χ1n) is 9.70. The standard InChI is InChI=1S/C20H31F3N4O.HI/c1-15(2)27-10-8-18(9-11-27)26-19(24-3)25-12-16-4-6-17(7-5-16)13-28-14-20(21,22)23;/h4-7,15,18H,8-14H2,1-3H3,(H2,24,25,26);1H. The molecule has 1 aromatic carbocycles. The molecule has 1 aliphatic heterocycles. The van der Waals surface area contributed by atoms with E-state index in [1.807, 2.05) is 12.1 Å². The van der Waals surface area contributed by atoms with Crippen molar-refractivity contribution in [2.45, 2.75) is 58.1 Å². The van der Waals surface area contributed by atoms with Gasteiger partial charge in [-0.05, 0) is 37.8 Å². The Bertz CT molecular complexity index is 615. The third-order valence-corrected chi connectivity index (χ3v) is 4.84. The largest absolute Gasteiger partial charge is 0.411 e. The monoisotopic (exact) mass is 528 g/mol. The summed E-state index contributed by atoms with van der Waals surface area (Å²) < 4.78 is 41.0. The van der Waals surface area contributed by atoms with E-state index in [1.54, 1.807) is 19.2 Å². The number of nitrogens with zero attached hydrogens (tertiary/aromatic N) is 2. The van der Waals surface area contributed by atoms with Gasteiger partial charge in [0.15, 0.2) is 5.96 Å². The maximum absolute atomic E-state index is 12.1. The zero-order valence-corrected chi connectivity index (χ0v) is 19.6. The van der Waals surface area contributed by atoms with Crippen molar-refractivity contribution in [3.8, 4) is 0 Å². The van der Waals surface area contributed by atoms with Crippen molar-refractivity contribution in [3.63, 3.8) is 0 Å². The highest BCUT2D eigenvalue weighted by atomic mass is 127. The first kappa shape index (κ1) is 26.0. The van der Waals surface area contributed by atoms with Gasteiger partial charge in [0.2, 0.25) is 0 Å². The van der Waals surface area contributed by atoms with Crippen LogP contribution >= 0.6 is 24.0 Å². The van der Waals surface area contributed by atoms with Gasteiger partial charge in [-0.25, -0.2) is 0 Å². The predicted molar refractivity (Wildman–Crippen MR) is 121 cm³/mol. The Kier molecular flexibility index (Phi) is 11.3. The van der Waals surface area contributed by atoms with Crippen molar-refractivity contribution < 1.29 is 17.9 Å². The summed E-state index contributed by atoms with van der Waals surface area (Å²) in [5, 5.41) is 6.77. The van der Waals surface area contributed by atoms with E-state index in [0.29, 0.717) is 24.2 Å². The van der Waals surface area contributed by atoms with Gasteiger partial charge >= 0.3 is 6.18 Å². The zero-order valence-electron chi connectivity index (χ0n) is 17.3. The van der Waals surface area contributed by atoms with E-state index in [4.69, 9.17) is 0 Å². The number of aliphatic imine (C=N–C) groups is 1. The van der Waals surface area contributed by atoms with Crippen LogP contribution in [-0.2, 0) is 17.9 Å². The molecular weight excluding hydrogens is 496 g/mol. The third kappa shape index (κ3) is 9.99. The van der Waals surface area contributed by atoms with Crippen LogP contribution in [0.5, 0.6) is 0 Å². The Labute approximate surface area is 188 Å². The zero-order chi connectivity index (χ0) is 20.6. The van der Waals surface area contributed by atoms with Crippen LogP contribution in [0.25, 0.3) is 0 Å².